The zero-order valence-electron chi connectivity index (χ0n) is 10.9. The van der Waals surface area contributed by atoms with Crippen LogP contribution in [-0.2, 0) is 16.6 Å². The Morgan fingerprint density at radius 2 is 2.25 bits per heavy atom. The average Bonchev–Trinajstić information content (AvgIpc) is 3.02. The zero-order chi connectivity index (χ0) is 14.3. The van der Waals surface area contributed by atoms with E-state index in [2.05, 4.69) is 9.71 Å². The van der Waals surface area contributed by atoms with Gasteiger partial charge in [0.2, 0.25) is 0 Å². The number of hydrogen-bond acceptors (Lipinski definition) is 6. The lowest BCUT2D eigenvalue weighted by Crippen LogP contribution is -2.11. The number of rotatable bonds is 5. The molecule has 1 aliphatic rings. The van der Waals surface area contributed by atoms with Gasteiger partial charge in [0.05, 0.1) is 5.69 Å². The van der Waals surface area contributed by atoms with Crippen molar-refractivity contribution in [2.75, 3.05) is 4.72 Å². The Labute approximate surface area is 125 Å². The van der Waals surface area contributed by atoms with Crippen molar-refractivity contribution in [2.45, 2.75) is 36.4 Å². The van der Waals surface area contributed by atoms with Crippen LogP contribution in [0.3, 0.4) is 0 Å². The fraction of sp³-hybridized carbons (Fsp3) is 0.417. The molecule has 0 atom stereocenters. The van der Waals surface area contributed by atoms with Crippen LogP contribution in [0.15, 0.2) is 15.7 Å². The summed E-state index contributed by atoms with van der Waals surface area (Å²) in [6.07, 6.45) is 2.31. The van der Waals surface area contributed by atoms with Crippen molar-refractivity contribution in [3.63, 3.8) is 0 Å². The van der Waals surface area contributed by atoms with E-state index in [4.69, 9.17) is 5.73 Å². The predicted molar refractivity (Wildman–Crippen MR) is 81.8 cm³/mol. The van der Waals surface area contributed by atoms with Crippen molar-refractivity contribution >= 4 is 37.8 Å². The van der Waals surface area contributed by atoms with Crippen molar-refractivity contribution in [1.29, 1.82) is 0 Å². The summed E-state index contributed by atoms with van der Waals surface area (Å²) in [5, 5.41) is 2.37. The summed E-state index contributed by atoms with van der Waals surface area (Å²) in [4.78, 5) is 5.23. The Bertz CT molecular complexity index is 729. The molecule has 1 aliphatic carbocycles. The molecule has 1 saturated carbocycles. The summed E-state index contributed by atoms with van der Waals surface area (Å²) in [7, 11) is -3.56. The lowest BCUT2D eigenvalue weighted by molar-refractivity contribution is 0.603. The van der Waals surface area contributed by atoms with E-state index in [0.29, 0.717) is 21.8 Å². The Hall–Kier alpha value is -0.960. The second-order valence-electron chi connectivity index (χ2n) is 4.83. The molecule has 5 nitrogen and oxygen atoms in total. The van der Waals surface area contributed by atoms with Crippen molar-refractivity contribution in [3.05, 3.63) is 27.6 Å². The lowest BCUT2D eigenvalue weighted by Gasteiger charge is -2.01. The van der Waals surface area contributed by atoms with Gasteiger partial charge in [0, 0.05) is 22.7 Å². The number of nitrogens with zero attached hydrogens (tertiary/aromatic N) is 1. The molecule has 0 amide bonds. The average molecular weight is 329 g/mol. The van der Waals surface area contributed by atoms with Crippen molar-refractivity contribution in [1.82, 2.24) is 4.98 Å². The molecule has 2 aromatic rings. The van der Waals surface area contributed by atoms with E-state index in [0.717, 1.165) is 29.0 Å². The van der Waals surface area contributed by atoms with Crippen LogP contribution < -0.4 is 10.5 Å². The maximum absolute atomic E-state index is 12.3. The number of sulfonamides is 1. The van der Waals surface area contributed by atoms with E-state index in [1.807, 2.05) is 12.3 Å². The molecular formula is C12H15N3O2S3. The van der Waals surface area contributed by atoms with Gasteiger partial charge in [-0.15, -0.1) is 22.7 Å². The molecule has 0 saturated heterocycles. The van der Waals surface area contributed by atoms with Crippen molar-refractivity contribution < 1.29 is 8.42 Å². The molecule has 0 aromatic carbocycles. The minimum atomic E-state index is -3.56. The normalized spacial score (nSPS) is 15.5. The highest BCUT2D eigenvalue weighted by molar-refractivity contribution is 7.94. The predicted octanol–water partition coefficient (Wildman–Crippen LogP) is 2.65. The molecule has 0 spiro atoms. The number of hydrogen-bond donors (Lipinski definition) is 2. The highest BCUT2D eigenvalue weighted by Gasteiger charge is 2.27. The smallest absolute Gasteiger partial charge is 0.273 e. The zero-order valence-corrected chi connectivity index (χ0v) is 13.4. The second-order valence-corrected chi connectivity index (χ2v) is 8.74. The highest BCUT2D eigenvalue weighted by Crippen LogP contribution is 2.41. The Balaban J connectivity index is 1.83. The van der Waals surface area contributed by atoms with Crippen molar-refractivity contribution in [3.8, 4) is 0 Å². The van der Waals surface area contributed by atoms with E-state index in [-0.39, 0.29) is 0 Å². The number of aromatic nitrogens is 1. The fourth-order valence-electron chi connectivity index (χ4n) is 1.89. The van der Waals surface area contributed by atoms with Gasteiger partial charge in [-0.3, -0.25) is 4.72 Å². The summed E-state index contributed by atoms with van der Waals surface area (Å²) in [6.45, 7) is 2.22. The first-order chi connectivity index (χ1) is 9.49. The molecule has 0 radical (unpaired) electrons. The Kier molecular flexibility index (Phi) is 3.57. The number of nitrogens with two attached hydrogens (primary N) is 1. The number of anilines is 1. The third-order valence-electron chi connectivity index (χ3n) is 3.19. The fourth-order valence-corrected chi connectivity index (χ4v) is 5.40. The first-order valence-electron chi connectivity index (χ1n) is 6.27. The maximum atomic E-state index is 12.3. The van der Waals surface area contributed by atoms with Crippen molar-refractivity contribution in [2.24, 2.45) is 5.73 Å². The minimum absolute atomic E-state index is 0.290. The molecule has 0 unspecified atom stereocenters. The standard InChI is InChI=1S/C12H15N3O2S3/c1-7-4-11(19-10(7)5-13)20(16,17)15-12-14-9(6-18-12)8-2-3-8/h4,6,8H,2-3,5,13H2,1H3,(H,14,15). The molecule has 2 heterocycles. The van der Waals surface area contributed by atoms with E-state index < -0.39 is 10.0 Å². The molecule has 20 heavy (non-hydrogen) atoms. The first kappa shape index (κ1) is 14.0. The SMILES string of the molecule is Cc1cc(S(=O)(=O)Nc2nc(C3CC3)cs2)sc1CN. The second kappa shape index (κ2) is 5.10. The van der Waals surface area contributed by atoms with E-state index in [1.165, 1.54) is 22.7 Å². The molecule has 8 heteroatoms. The molecule has 1 fully saturated rings. The third-order valence-corrected chi connectivity index (χ3v) is 7.16. The molecule has 0 bridgehead atoms. The Morgan fingerprint density at radius 1 is 1.50 bits per heavy atom. The van der Waals surface area contributed by atoms with Gasteiger partial charge in [0.15, 0.2) is 5.13 Å². The van der Waals surface area contributed by atoms with Crippen LogP contribution in [-0.4, -0.2) is 13.4 Å². The van der Waals surface area contributed by atoms with Crippen LogP contribution in [0.5, 0.6) is 0 Å². The molecule has 3 rings (SSSR count). The van der Waals surface area contributed by atoms with Gasteiger partial charge >= 0.3 is 0 Å². The molecular weight excluding hydrogens is 314 g/mol. The van der Waals surface area contributed by atoms with Gasteiger partial charge in [-0.05, 0) is 31.4 Å². The minimum Gasteiger partial charge on any atom is -0.326 e. The highest BCUT2D eigenvalue weighted by atomic mass is 32.2. The number of nitrogens with one attached hydrogen (secondary N) is 1. The molecule has 2 aromatic heterocycles. The number of aryl methyl sites for hydroxylation is 1. The maximum Gasteiger partial charge on any atom is 0.273 e. The van der Waals surface area contributed by atoms with Gasteiger partial charge in [-0.2, -0.15) is 0 Å². The van der Waals surface area contributed by atoms with Crippen LogP contribution in [0, 0.1) is 6.92 Å². The van der Waals surface area contributed by atoms with Gasteiger partial charge in [-0.1, -0.05) is 0 Å². The third kappa shape index (κ3) is 2.73. The van der Waals surface area contributed by atoms with Gasteiger partial charge in [0.25, 0.3) is 10.0 Å². The summed E-state index contributed by atoms with van der Waals surface area (Å²) in [6, 6.07) is 1.66. The molecule has 108 valence electrons. The number of thiazole rings is 1. The first-order valence-corrected chi connectivity index (χ1v) is 9.45. The van der Waals surface area contributed by atoms with Crippen LogP contribution in [0.4, 0.5) is 5.13 Å². The van der Waals surface area contributed by atoms with E-state index in [9.17, 15) is 8.42 Å². The topological polar surface area (TPSA) is 85.1 Å². The summed E-state index contributed by atoms with van der Waals surface area (Å²) in [5.74, 6) is 0.525. The quantitative estimate of drug-likeness (QED) is 0.883. The van der Waals surface area contributed by atoms with Gasteiger partial charge in [-0.25, -0.2) is 13.4 Å². The van der Waals surface area contributed by atoms with Crippen LogP contribution >= 0.6 is 22.7 Å². The molecule has 0 aliphatic heterocycles. The van der Waals surface area contributed by atoms with Crippen LogP contribution in [0.25, 0.3) is 0 Å². The lowest BCUT2D eigenvalue weighted by atomic mass is 10.3. The monoisotopic (exact) mass is 329 g/mol. The van der Waals surface area contributed by atoms with Crippen LogP contribution in [0.1, 0.15) is 34.9 Å². The molecule has 3 N–H and O–H groups in total. The van der Waals surface area contributed by atoms with Gasteiger partial charge in [0.1, 0.15) is 4.21 Å². The largest absolute Gasteiger partial charge is 0.326 e. The summed E-state index contributed by atoms with van der Waals surface area (Å²) >= 11 is 2.55. The van der Waals surface area contributed by atoms with E-state index in [1.54, 1.807) is 6.07 Å². The van der Waals surface area contributed by atoms with E-state index >= 15 is 0 Å². The number of thiophene rings is 1. The van der Waals surface area contributed by atoms with Crippen LogP contribution in [0.2, 0.25) is 0 Å². The summed E-state index contributed by atoms with van der Waals surface area (Å²) in [5.41, 5.74) is 7.50. The Morgan fingerprint density at radius 3 is 2.85 bits per heavy atom. The van der Waals surface area contributed by atoms with Gasteiger partial charge < -0.3 is 5.73 Å². The summed E-state index contributed by atoms with van der Waals surface area (Å²) < 4.78 is 27.4.